The van der Waals surface area contributed by atoms with Gasteiger partial charge in [0, 0.05) is 12.6 Å². The molecule has 9 heteroatoms. The van der Waals surface area contributed by atoms with E-state index in [1.165, 1.54) is 4.31 Å². The molecule has 1 aromatic carbocycles. The summed E-state index contributed by atoms with van der Waals surface area (Å²) in [6.45, 7) is 2.50. The summed E-state index contributed by atoms with van der Waals surface area (Å²) in [7, 11) is -3.76. The van der Waals surface area contributed by atoms with Gasteiger partial charge in [-0.1, -0.05) is 30.5 Å². The molecule has 3 rings (SSSR count). The van der Waals surface area contributed by atoms with Crippen LogP contribution in [0.3, 0.4) is 0 Å². The Morgan fingerprint density at radius 3 is 2.46 bits per heavy atom. The van der Waals surface area contributed by atoms with Gasteiger partial charge in [0.1, 0.15) is 6.23 Å². The number of hydrogen-bond acceptors (Lipinski definition) is 5. The Balaban J connectivity index is 1.62. The average Bonchev–Trinajstić information content (AvgIpc) is 3.19. The van der Waals surface area contributed by atoms with Gasteiger partial charge in [0.15, 0.2) is 0 Å². The van der Waals surface area contributed by atoms with Crippen molar-refractivity contribution in [3.63, 3.8) is 0 Å². The fraction of sp³-hybridized carbons (Fsp3) is 0.579. The predicted octanol–water partition coefficient (Wildman–Crippen LogP) is 0.907. The van der Waals surface area contributed by atoms with Crippen LogP contribution in [-0.2, 0) is 24.3 Å². The monoisotopic (exact) mass is 409 g/mol. The number of nitrogens with zero attached hydrogens (tertiary/aromatic N) is 1. The lowest BCUT2D eigenvalue weighted by Gasteiger charge is -2.34. The van der Waals surface area contributed by atoms with Crippen molar-refractivity contribution >= 4 is 21.8 Å². The molecule has 1 aliphatic heterocycles. The Bertz CT molecular complexity index is 803. The van der Waals surface area contributed by atoms with Crippen molar-refractivity contribution < 1.29 is 22.7 Å². The number of nitrogens with one attached hydrogen (secondary N) is 2. The van der Waals surface area contributed by atoms with Crippen molar-refractivity contribution in [1.29, 1.82) is 0 Å². The van der Waals surface area contributed by atoms with E-state index in [9.17, 15) is 18.0 Å². The van der Waals surface area contributed by atoms with Crippen LogP contribution < -0.4 is 10.6 Å². The zero-order valence-electron chi connectivity index (χ0n) is 16.0. The van der Waals surface area contributed by atoms with Crippen LogP contribution in [-0.4, -0.2) is 56.5 Å². The van der Waals surface area contributed by atoms with Gasteiger partial charge in [0.25, 0.3) is 0 Å². The molecule has 2 aliphatic rings. The second-order valence-electron chi connectivity index (χ2n) is 7.27. The number of amides is 2. The molecule has 0 spiro atoms. The van der Waals surface area contributed by atoms with Gasteiger partial charge in [-0.05, 0) is 38.3 Å². The highest BCUT2D eigenvalue weighted by molar-refractivity contribution is 7.89. The van der Waals surface area contributed by atoms with E-state index < -0.39 is 28.1 Å². The van der Waals surface area contributed by atoms with Gasteiger partial charge in [-0.25, -0.2) is 8.42 Å². The molecule has 28 heavy (non-hydrogen) atoms. The highest BCUT2D eigenvalue weighted by atomic mass is 32.2. The van der Waals surface area contributed by atoms with Gasteiger partial charge in [-0.3, -0.25) is 9.59 Å². The van der Waals surface area contributed by atoms with Crippen molar-refractivity contribution in [2.24, 2.45) is 0 Å². The number of sulfonamides is 1. The second kappa shape index (κ2) is 9.02. The van der Waals surface area contributed by atoms with Crippen LogP contribution >= 0.6 is 0 Å². The summed E-state index contributed by atoms with van der Waals surface area (Å²) in [4.78, 5) is 24.3. The Hall–Kier alpha value is -1.97. The van der Waals surface area contributed by atoms with Crippen molar-refractivity contribution in [1.82, 2.24) is 14.9 Å². The largest absolute Gasteiger partial charge is 0.360 e. The Kier molecular flexibility index (Phi) is 6.69. The number of benzene rings is 1. The van der Waals surface area contributed by atoms with E-state index >= 15 is 0 Å². The van der Waals surface area contributed by atoms with Crippen molar-refractivity contribution in [2.45, 2.75) is 56.2 Å². The van der Waals surface area contributed by atoms with Gasteiger partial charge < -0.3 is 15.4 Å². The molecule has 0 unspecified atom stereocenters. The average molecular weight is 410 g/mol. The molecular formula is C19H27N3O5S. The molecule has 2 N–H and O–H groups in total. The maximum absolute atomic E-state index is 13.0. The first-order chi connectivity index (χ1) is 13.4. The first-order valence-electron chi connectivity index (χ1n) is 9.67. The zero-order chi connectivity index (χ0) is 20.1. The minimum absolute atomic E-state index is 0.0441. The van der Waals surface area contributed by atoms with Crippen LogP contribution in [0.15, 0.2) is 29.2 Å². The molecular weight excluding hydrogens is 382 g/mol. The lowest BCUT2D eigenvalue weighted by molar-refractivity contribution is -0.140. The fourth-order valence-corrected chi connectivity index (χ4v) is 5.09. The Morgan fingerprint density at radius 1 is 1.11 bits per heavy atom. The molecule has 2 amide bonds. The SMILES string of the molecule is Cc1ccc(S(=O)(=O)N2CCCO[C@H]2CNC(=O)C(=O)NC2CCCC2)cc1. The smallest absolute Gasteiger partial charge is 0.309 e. The molecule has 1 aliphatic carbocycles. The molecule has 1 saturated carbocycles. The summed E-state index contributed by atoms with van der Waals surface area (Å²) in [5.41, 5.74) is 0.964. The van der Waals surface area contributed by atoms with E-state index in [0.717, 1.165) is 31.2 Å². The maximum Gasteiger partial charge on any atom is 0.309 e. The van der Waals surface area contributed by atoms with E-state index in [0.29, 0.717) is 19.6 Å². The predicted molar refractivity (Wildman–Crippen MR) is 103 cm³/mol. The normalized spacial score (nSPS) is 21.4. The summed E-state index contributed by atoms with van der Waals surface area (Å²) in [6.07, 6.45) is 3.59. The lowest BCUT2D eigenvalue weighted by Crippen LogP contribution is -2.53. The minimum Gasteiger partial charge on any atom is -0.360 e. The van der Waals surface area contributed by atoms with Crippen LogP contribution in [0.2, 0.25) is 0 Å². The van der Waals surface area contributed by atoms with Crippen LogP contribution in [0, 0.1) is 6.92 Å². The van der Waals surface area contributed by atoms with Gasteiger partial charge in [0.2, 0.25) is 10.0 Å². The van der Waals surface area contributed by atoms with Crippen LogP contribution in [0.5, 0.6) is 0 Å². The third-order valence-corrected chi connectivity index (χ3v) is 7.02. The van der Waals surface area contributed by atoms with Gasteiger partial charge in [-0.15, -0.1) is 0 Å². The molecule has 2 fully saturated rings. The molecule has 1 saturated heterocycles. The summed E-state index contributed by atoms with van der Waals surface area (Å²) in [5.74, 6) is -1.45. The first-order valence-corrected chi connectivity index (χ1v) is 11.1. The Morgan fingerprint density at radius 2 is 1.79 bits per heavy atom. The number of carbonyl (C=O) groups is 2. The fourth-order valence-electron chi connectivity index (χ4n) is 3.53. The van der Waals surface area contributed by atoms with Gasteiger partial charge in [0.05, 0.1) is 18.0 Å². The second-order valence-corrected chi connectivity index (χ2v) is 9.16. The van der Waals surface area contributed by atoms with E-state index in [4.69, 9.17) is 4.74 Å². The molecule has 1 aromatic rings. The molecule has 1 atom stereocenters. The Labute approximate surface area is 165 Å². The summed E-state index contributed by atoms with van der Waals surface area (Å²) in [6, 6.07) is 6.64. The molecule has 0 aromatic heterocycles. The van der Waals surface area contributed by atoms with E-state index in [-0.39, 0.29) is 17.5 Å². The summed E-state index contributed by atoms with van der Waals surface area (Å²) >= 11 is 0. The number of ether oxygens (including phenoxy) is 1. The highest BCUT2D eigenvalue weighted by Crippen LogP contribution is 2.22. The summed E-state index contributed by atoms with van der Waals surface area (Å²) < 4.78 is 32.8. The van der Waals surface area contributed by atoms with E-state index in [1.54, 1.807) is 24.3 Å². The van der Waals surface area contributed by atoms with Crippen molar-refractivity contribution in [2.75, 3.05) is 19.7 Å². The van der Waals surface area contributed by atoms with E-state index in [2.05, 4.69) is 10.6 Å². The lowest BCUT2D eigenvalue weighted by atomic mass is 10.2. The molecule has 8 nitrogen and oxygen atoms in total. The van der Waals surface area contributed by atoms with Crippen molar-refractivity contribution in [3.8, 4) is 0 Å². The van der Waals surface area contributed by atoms with Crippen LogP contribution in [0.4, 0.5) is 0 Å². The van der Waals surface area contributed by atoms with Crippen LogP contribution in [0.1, 0.15) is 37.7 Å². The summed E-state index contributed by atoms with van der Waals surface area (Å²) in [5, 5.41) is 5.22. The maximum atomic E-state index is 13.0. The third kappa shape index (κ3) is 4.89. The molecule has 0 bridgehead atoms. The van der Waals surface area contributed by atoms with Crippen LogP contribution in [0.25, 0.3) is 0 Å². The highest BCUT2D eigenvalue weighted by Gasteiger charge is 2.35. The number of hydrogen-bond donors (Lipinski definition) is 2. The molecule has 1 heterocycles. The first kappa shape index (κ1) is 20.8. The van der Waals surface area contributed by atoms with Crippen molar-refractivity contribution in [3.05, 3.63) is 29.8 Å². The molecule has 154 valence electrons. The zero-order valence-corrected chi connectivity index (χ0v) is 16.8. The van der Waals surface area contributed by atoms with E-state index in [1.807, 2.05) is 6.92 Å². The van der Waals surface area contributed by atoms with Gasteiger partial charge >= 0.3 is 11.8 Å². The number of aryl methyl sites for hydroxylation is 1. The standard InChI is InChI=1S/C19H27N3O5S/c1-14-7-9-16(10-8-14)28(25,26)22-11-4-12-27-17(22)13-20-18(23)19(24)21-15-5-2-3-6-15/h7-10,15,17H,2-6,11-13H2,1H3,(H,20,23)(H,21,24)/t17-/m0/s1. The topological polar surface area (TPSA) is 105 Å². The quantitative estimate of drug-likeness (QED) is 0.704. The molecule has 0 radical (unpaired) electrons. The number of rotatable bonds is 5. The third-order valence-electron chi connectivity index (χ3n) is 5.12. The number of carbonyl (C=O) groups excluding carboxylic acids is 2. The minimum atomic E-state index is -3.76. The van der Waals surface area contributed by atoms with Gasteiger partial charge in [-0.2, -0.15) is 4.31 Å².